The molecule has 0 spiro atoms. The maximum atomic E-state index is 10.6. The molecule has 0 radical (unpaired) electrons. The van der Waals surface area contributed by atoms with Crippen LogP contribution in [0, 0.1) is 0 Å². The second kappa shape index (κ2) is 6.17. The van der Waals surface area contributed by atoms with E-state index in [0.29, 0.717) is 17.2 Å². The third kappa shape index (κ3) is 2.91. The van der Waals surface area contributed by atoms with Gasteiger partial charge in [-0.2, -0.15) is 0 Å². The van der Waals surface area contributed by atoms with Crippen molar-refractivity contribution >= 4 is 22.8 Å². The van der Waals surface area contributed by atoms with Crippen molar-refractivity contribution in [2.24, 2.45) is 0 Å². The van der Waals surface area contributed by atoms with Gasteiger partial charge in [-0.05, 0) is 29.2 Å². The van der Waals surface area contributed by atoms with E-state index in [9.17, 15) is 4.79 Å². The van der Waals surface area contributed by atoms with E-state index in [1.165, 1.54) is 6.08 Å². The molecule has 0 bridgehead atoms. The lowest BCUT2D eigenvalue weighted by atomic mass is 10.0. The Bertz CT molecular complexity index is 703. The molecule has 0 fully saturated rings. The average molecular weight is 288 g/mol. The molecule has 0 heterocycles. The summed E-state index contributed by atoms with van der Waals surface area (Å²) in [5, 5.41) is 10.4. The van der Waals surface area contributed by atoms with Crippen molar-refractivity contribution in [3.05, 3.63) is 35.9 Å². The van der Waals surface area contributed by atoms with E-state index in [4.69, 9.17) is 19.3 Å². The Morgan fingerprint density at radius 3 is 2.33 bits per heavy atom. The maximum absolute atomic E-state index is 10.6. The first-order valence-corrected chi connectivity index (χ1v) is 6.24. The first kappa shape index (κ1) is 14.7. The van der Waals surface area contributed by atoms with Crippen molar-refractivity contribution in [3.63, 3.8) is 0 Å². The third-order valence-electron chi connectivity index (χ3n) is 3.09. The van der Waals surface area contributed by atoms with Gasteiger partial charge in [0.15, 0.2) is 11.5 Å². The van der Waals surface area contributed by atoms with Crippen molar-refractivity contribution in [1.82, 2.24) is 0 Å². The SMILES string of the molecule is COc1cc2ccc(C=CC(=O)O)cc2c(OC)c1OC. The molecule has 110 valence electrons. The largest absolute Gasteiger partial charge is 0.493 e. The van der Waals surface area contributed by atoms with Crippen molar-refractivity contribution in [2.75, 3.05) is 21.3 Å². The van der Waals surface area contributed by atoms with Crippen LogP contribution in [0.1, 0.15) is 5.56 Å². The van der Waals surface area contributed by atoms with E-state index in [2.05, 4.69) is 0 Å². The molecule has 2 rings (SSSR count). The highest BCUT2D eigenvalue weighted by Gasteiger charge is 2.15. The molecule has 0 amide bonds. The summed E-state index contributed by atoms with van der Waals surface area (Å²) in [7, 11) is 4.66. The number of methoxy groups -OCH3 is 3. The van der Waals surface area contributed by atoms with E-state index in [0.717, 1.165) is 22.4 Å². The molecule has 2 aromatic carbocycles. The maximum Gasteiger partial charge on any atom is 0.328 e. The summed E-state index contributed by atoms with van der Waals surface area (Å²) in [6.07, 6.45) is 2.62. The molecule has 0 unspecified atom stereocenters. The van der Waals surface area contributed by atoms with Crippen LogP contribution in [0.3, 0.4) is 0 Å². The van der Waals surface area contributed by atoms with Crippen LogP contribution in [0.25, 0.3) is 16.8 Å². The number of carboxylic acids is 1. The molecule has 2 aromatic rings. The minimum atomic E-state index is -0.991. The quantitative estimate of drug-likeness (QED) is 0.857. The number of carboxylic acid groups (broad SMARTS) is 1. The summed E-state index contributed by atoms with van der Waals surface area (Å²) in [5.74, 6) is 0.648. The predicted molar refractivity (Wildman–Crippen MR) is 80.3 cm³/mol. The van der Waals surface area contributed by atoms with Gasteiger partial charge in [0.05, 0.1) is 21.3 Å². The molecule has 0 aliphatic rings. The predicted octanol–water partition coefficient (Wildman–Crippen LogP) is 2.96. The lowest BCUT2D eigenvalue weighted by molar-refractivity contribution is -0.131. The molecule has 0 aliphatic carbocycles. The smallest absolute Gasteiger partial charge is 0.328 e. The van der Waals surface area contributed by atoms with E-state index >= 15 is 0 Å². The zero-order chi connectivity index (χ0) is 15.4. The third-order valence-corrected chi connectivity index (χ3v) is 3.09. The van der Waals surface area contributed by atoms with Gasteiger partial charge in [0.1, 0.15) is 0 Å². The molecule has 0 aromatic heterocycles. The molecule has 5 nitrogen and oxygen atoms in total. The van der Waals surface area contributed by atoms with E-state index in [1.54, 1.807) is 21.3 Å². The summed E-state index contributed by atoms with van der Waals surface area (Å²) in [5.41, 5.74) is 0.760. The zero-order valence-electron chi connectivity index (χ0n) is 12.0. The lowest BCUT2D eigenvalue weighted by Gasteiger charge is -2.15. The summed E-state index contributed by atoms with van der Waals surface area (Å²) in [4.78, 5) is 10.6. The molecule has 5 heteroatoms. The molecule has 21 heavy (non-hydrogen) atoms. The van der Waals surface area contributed by atoms with Crippen molar-refractivity contribution in [1.29, 1.82) is 0 Å². The first-order chi connectivity index (χ1) is 10.1. The number of hydrogen-bond donors (Lipinski definition) is 1. The number of carbonyl (C=O) groups is 1. The zero-order valence-corrected chi connectivity index (χ0v) is 12.0. The molecule has 0 atom stereocenters. The molecule has 0 saturated carbocycles. The molecule has 1 N–H and O–H groups in total. The van der Waals surface area contributed by atoms with Crippen LogP contribution in [0.2, 0.25) is 0 Å². The van der Waals surface area contributed by atoms with Crippen LogP contribution < -0.4 is 14.2 Å². The van der Waals surface area contributed by atoms with Gasteiger partial charge in [-0.1, -0.05) is 12.1 Å². The molecule has 0 aliphatic heterocycles. The number of fused-ring (bicyclic) bond motifs is 1. The van der Waals surface area contributed by atoms with Gasteiger partial charge in [-0.25, -0.2) is 4.79 Å². The highest BCUT2D eigenvalue weighted by Crippen LogP contribution is 2.43. The lowest BCUT2D eigenvalue weighted by Crippen LogP contribution is -1.96. The van der Waals surface area contributed by atoms with Crippen LogP contribution >= 0.6 is 0 Å². The summed E-state index contributed by atoms with van der Waals surface area (Å²) in [6, 6.07) is 7.39. The van der Waals surface area contributed by atoms with Gasteiger partial charge >= 0.3 is 5.97 Å². The van der Waals surface area contributed by atoms with Crippen LogP contribution in [-0.4, -0.2) is 32.4 Å². The minimum Gasteiger partial charge on any atom is -0.493 e. The number of benzene rings is 2. The summed E-state index contributed by atoms with van der Waals surface area (Å²) in [6.45, 7) is 0. The van der Waals surface area contributed by atoms with Gasteiger partial charge in [-0.3, -0.25) is 0 Å². The van der Waals surface area contributed by atoms with Gasteiger partial charge in [-0.15, -0.1) is 0 Å². The van der Waals surface area contributed by atoms with E-state index < -0.39 is 5.97 Å². The number of ether oxygens (including phenoxy) is 3. The highest BCUT2D eigenvalue weighted by molar-refractivity contribution is 5.95. The fourth-order valence-corrected chi connectivity index (χ4v) is 2.16. The molecular weight excluding hydrogens is 272 g/mol. The Hall–Kier alpha value is -2.69. The van der Waals surface area contributed by atoms with Crippen LogP contribution in [-0.2, 0) is 4.79 Å². The van der Waals surface area contributed by atoms with Crippen LogP contribution in [0.4, 0.5) is 0 Å². The topological polar surface area (TPSA) is 65.0 Å². The Labute approximate surface area is 122 Å². The number of aliphatic carboxylic acids is 1. The van der Waals surface area contributed by atoms with Crippen molar-refractivity contribution in [2.45, 2.75) is 0 Å². The summed E-state index contributed by atoms with van der Waals surface area (Å²) < 4.78 is 16.1. The van der Waals surface area contributed by atoms with Gasteiger partial charge in [0.25, 0.3) is 0 Å². The second-order valence-corrected chi connectivity index (χ2v) is 4.30. The molecule has 0 saturated heterocycles. The Balaban J connectivity index is 2.67. The minimum absolute atomic E-state index is 0.506. The van der Waals surface area contributed by atoms with E-state index in [-0.39, 0.29) is 0 Å². The Morgan fingerprint density at radius 2 is 1.76 bits per heavy atom. The standard InChI is InChI=1S/C16H16O5/c1-19-13-9-11-6-4-10(5-7-14(17)18)8-12(11)15(20-2)16(13)21-3/h4-9H,1-3H3,(H,17,18). The van der Waals surface area contributed by atoms with Crippen molar-refractivity contribution < 1.29 is 24.1 Å². The number of rotatable bonds is 5. The fraction of sp³-hybridized carbons (Fsp3) is 0.188. The van der Waals surface area contributed by atoms with Crippen molar-refractivity contribution in [3.8, 4) is 17.2 Å². The highest BCUT2D eigenvalue weighted by atomic mass is 16.5. The van der Waals surface area contributed by atoms with Gasteiger partial charge in [0, 0.05) is 11.5 Å². The van der Waals surface area contributed by atoms with Crippen LogP contribution in [0.5, 0.6) is 17.2 Å². The van der Waals surface area contributed by atoms with Crippen LogP contribution in [0.15, 0.2) is 30.3 Å². The normalized spacial score (nSPS) is 10.8. The van der Waals surface area contributed by atoms with Gasteiger partial charge in [0.2, 0.25) is 5.75 Å². The first-order valence-electron chi connectivity index (χ1n) is 6.24. The second-order valence-electron chi connectivity index (χ2n) is 4.30. The van der Waals surface area contributed by atoms with Gasteiger partial charge < -0.3 is 19.3 Å². The van der Waals surface area contributed by atoms with E-state index in [1.807, 2.05) is 24.3 Å². The average Bonchev–Trinajstić information content (AvgIpc) is 2.50. The monoisotopic (exact) mass is 288 g/mol. The number of hydrogen-bond acceptors (Lipinski definition) is 4. The Kier molecular flexibility index (Phi) is 4.33. The molecular formula is C16H16O5. The fourth-order valence-electron chi connectivity index (χ4n) is 2.16. The summed E-state index contributed by atoms with van der Waals surface area (Å²) >= 11 is 0. The Morgan fingerprint density at radius 1 is 1.05 bits per heavy atom.